The van der Waals surface area contributed by atoms with E-state index in [1.54, 1.807) is 22.3 Å². The molecule has 0 N–H and O–H groups in total. The van der Waals surface area contributed by atoms with Crippen molar-refractivity contribution >= 4 is 6.41 Å². The maximum Gasteiger partial charge on any atom is -0.0512 e. The van der Waals surface area contributed by atoms with Gasteiger partial charge >= 0.3 is 198 Å². The second-order valence-corrected chi connectivity index (χ2v) is 19.8. The van der Waals surface area contributed by atoms with Gasteiger partial charge in [0.2, 0.25) is 0 Å². The first-order valence-electron chi connectivity index (χ1n) is 23.4. The Hall–Kier alpha value is -3.37. The van der Waals surface area contributed by atoms with Crippen molar-refractivity contribution in [3.8, 4) is 0 Å². The van der Waals surface area contributed by atoms with Crippen LogP contribution in [0.15, 0.2) is 191 Å². The van der Waals surface area contributed by atoms with E-state index in [9.17, 15) is 0 Å². The first-order valence-corrected chi connectivity index (χ1v) is 25.8. The Bertz CT molecular complexity index is 2190. The number of allylic oxidation sites excluding steroid dienone is 8. The van der Waals surface area contributed by atoms with E-state index in [1.807, 2.05) is 0 Å². The molecule has 6 aromatic rings. The molecule has 0 fully saturated rings. The molecule has 0 bridgehead atoms. The van der Waals surface area contributed by atoms with Gasteiger partial charge in [0, 0.05) is 0 Å². The summed E-state index contributed by atoms with van der Waals surface area (Å²) in [5.74, 6) is 1.12. The average molecular weight is 1070 g/mol. The maximum atomic E-state index is 3.36. The molecule has 0 spiro atoms. The summed E-state index contributed by atoms with van der Waals surface area (Å²) in [5, 5.41) is 0. The average Bonchev–Trinajstić information content (AvgIpc) is 4.13. The molecule has 2 atom stereocenters. The van der Waals surface area contributed by atoms with Crippen LogP contribution in [0.1, 0.15) is 126 Å². The fraction of sp³-hybridized carbons (Fsp3) is 0.290. The van der Waals surface area contributed by atoms with Crippen molar-refractivity contribution in [3.05, 3.63) is 248 Å². The molecule has 0 radical (unpaired) electrons. The van der Waals surface area contributed by atoms with Crippen LogP contribution in [0.5, 0.6) is 0 Å². The third-order valence-electron chi connectivity index (χ3n) is 13.0. The molecule has 10 rings (SSSR count). The van der Waals surface area contributed by atoms with Crippen molar-refractivity contribution in [1.29, 1.82) is 0 Å². The molecule has 4 heteroatoms. The van der Waals surface area contributed by atoms with Gasteiger partial charge in [-0.05, 0) is 0 Å². The summed E-state index contributed by atoms with van der Waals surface area (Å²) in [6.07, 6.45) is 17.6. The molecule has 0 nitrogen and oxygen atoms in total. The van der Waals surface area contributed by atoms with E-state index in [-0.39, 0.29) is 24.8 Å². The van der Waals surface area contributed by atoms with E-state index >= 15 is 0 Å². The molecule has 2 unspecified atom stereocenters. The van der Waals surface area contributed by atoms with Crippen LogP contribution in [-0.2, 0) is 74.2 Å². The van der Waals surface area contributed by atoms with Crippen molar-refractivity contribution in [2.45, 2.75) is 107 Å². The summed E-state index contributed by atoms with van der Waals surface area (Å²) in [5.41, 5.74) is 20.2. The summed E-state index contributed by atoms with van der Waals surface area (Å²) in [6, 6.07) is 55.6. The Kier molecular flexibility index (Phi) is 26.0. The van der Waals surface area contributed by atoms with Gasteiger partial charge in [0.1, 0.15) is 0 Å². The van der Waals surface area contributed by atoms with E-state index in [0.29, 0.717) is 11.8 Å². The minimum atomic E-state index is 0. The van der Waals surface area contributed by atoms with Gasteiger partial charge in [0.15, 0.2) is 0 Å². The van der Waals surface area contributed by atoms with Crippen molar-refractivity contribution in [1.82, 2.24) is 0 Å². The topological polar surface area (TPSA) is 0 Å². The Balaban J connectivity index is 0.000000211. The summed E-state index contributed by atoms with van der Waals surface area (Å²) in [7, 11) is 0. The number of aryl methyl sites for hydroxylation is 4. The number of fused-ring (bicyclic) bond motifs is 2. The van der Waals surface area contributed by atoms with Gasteiger partial charge in [-0.15, -0.1) is 13.8 Å². The number of benzene rings is 4. The minimum absolute atomic E-state index is 0. The number of halogens is 2. The van der Waals surface area contributed by atoms with Crippen molar-refractivity contribution in [3.63, 3.8) is 0 Å². The molecule has 0 amide bonds. The zero-order valence-corrected chi connectivity index (χ0v) is 47.0. The molecule has 0 aromatic heterocycles. The monoisotopic (exact) mass is 1060 g/mol. The third kappa shape index (κ3) is 17.6. The normalized spacial score (nSPS) is 16.3. The van der Waals surface area contributed by atoms with Crippen LogP contribution in [0, 0.1) is 24.0 Å². The second-order valence-electron chi connectivity index (χ2n) is 17.4. The number of hydrogen-bond donors (Lipinski definition) is 0. The Morgan fingerprint density at radius 2 is 0.697 bits per heavy atom. The molecule has 0 aliphatic heterocycles. The number of hydrogen-bond acceptors (Lipinski definition) is 0. The first kappa shape index (κ1) is 56.9. The van der Waals surface area contributed by atoms with Crippen molar-refractivity contribution < 1.29 is 73.3 Å². The summed E-state index contributed by atoms with van der Waals surface area (Å²) in [6.45, 7) is 17.3. The largest absolute Gasteiger partial charge is 0.210 e. The van der Waals surface area contributed by atoms with Gasteiger partial charge in [-0.2, -0.15) is 68.8 Å². The molecule has 4 aliphatic rings. The third-order valence-corrected chi connectivity index (χ3v) is 15.9. The fourth-order valence-corrected chi connectivity index (χ4v) is 9.94. The fourth-order valence-electron chi connectivity index (χ4n) is 8.30. The Morgan fingerprint density at radius 3 is 0.909 bits per heavy atom. The van der Waals surface area contributed by atoms with Crippen LogP contribution in [0.2, 0.25) is 0 Å². The van der Waals surface area contributed by atoms with E-state index in [0.717, 1.165) is 0 Å². The summed E-state index contributed by atoms with van der Waals surface area (Å²) >= 11 is 2.92. The van der Waals surface area contributed by atoms with E-state index in [4.69, 9.17) is 0 Å². The molecular formula is C62H68Cl2Zr2-2. The Morgan fingerprint density at radius 1 is 0.424 bits per heavy atom. The molecule has 6 aromatic carbocycles. The Labute approximate surface area is 442 Å². The molecule has 66 heavy (non-hydrogen) atoms. The van der Waals surface area contributed by atoms with Crippen molar-refractivity contribution in [2.75, 3.05) is 0 Å². The van der Waals surface area contributed by atoms with Crippen molar-refractivity contribution in [2.24, 2.45) is 11.8 Å². The quantitative estimate of drug-likeness (QED) is 0.155. The van der Waals surface area contributed by atoms with Crippen LogP contribution in [0.25, 0.3) is 0 Å². The second kappa shape index (κ2) is 30.2. The predicted octanol–water partition coefficient (Wildman–Crippen LogP) is 9.62. The smallest absolute Gasteiger partial charge is 0.0512 e. The van der Waals surface area contributed by atoms with Crippen LogP contribution in [-0.4, -0.2) is 6.41 Å². The molecule has 0 saturated heterocycles. The van der Waals surface area contributed by atoms with E-state index in [1.165, 1.54) is 162 Å². The summed E-state index contributed by atoms with van der Waals surface area (Å²) in [4.78, 5) is 0. The molecule has 0 heterocycles. The van der Waals surface area contributed by atoms with Crippen LogP contribution in [0.3, 0.4) is 0 Å². The predicted molar refractivity (Wildman–Crippen MR) is 269 cm³/mol. The zero-order valence-electron chi connectivity index (χ0n) is 40.6. The van der Waals surface area contributed by atoms with E-state index < -0.39 is 0 Å². The van der Waals surface area contributed by atoms with Gasteiger partial charge < -0.3 is 24.8 Å². The van der Waals surface area contributed by atoms with E-state index in [2.05, 4.69) is 225 Å². The maximum absolute atomic E-state index is 3.36. The number of rotatable bonds is 4. The van der Waals surface area contributed by atoms with Gasteiger partial charge in [-0.3, -0.25) is 12.2 Å². The van der Waals surface area contributed by atoms with Gasteiger partial charge in [0.25, 0.3) is 0 Å². The minimum Gasteiger partial charge on any atom is -0.210 e. The van der Waals surface area contributed by atoms with Gasteiger partial charge in [-0.1, -0.05) is 105 Å². The van der Waals surface area contributed by atoms with Gasteiger partial charge in [0.05, 0.1) is 0 Å². The van der Waals surface area contributed by atoms with Gasteiger partial charge in [-0.25, -0.2) is 23.3 Å². The summed E-state index contributed by atoms with van der Waals surface area (Å²) < 4.78 is 2.83. The van der Waals surface area contributed by atoms with Crippen LogP contribution < -0.4 is 24.8 Å². The molecule has 0 saturated carbocycles. The molecule has 340 valence electrons. The molecule has 4 aliphatic carbocycles. The standard InChI is InChI=1S/2C13H10.2C9H11.2C9H13.2ClH.2Zr/c2*1-3-7-12(8-4-1)11-13-9-5-2-6-10-13;2*1-2-5-9-7-3-6-8(9)4-1;2*1-6-5-7(2)9(4)8(6)3;;;;/h2*1-10H;2*3,6-7H,1-2,4-5H2;2*6H,1-4H3;2*1H;;/q;;4*-1;;;2*+2/p-2. The SMILES string of the molecule is CC1=[C-]C(C)C(C)=C1C.CC1=[C-]C(C)C(C)=C1C.[Cl-].[Cl-].[Zr+2]=[C](c1ccccc1)c1ccccc1.[Zr+2]=[C](c1ccccc1)c1ccccc1.c1cc2c([cH-]1)CCCC2.c1cc2c([cH-]1)CCCC2. The first-order chi connectivity index (χ1) is 30.9. The zero-order chi connectivity index (χ0) is 45.8. The molecular weight excluding hydrogens is 998 g/mol. The van der Waals surface area contributed by atoms with Crippen LogP contribution >= 0.6 is 0 Å². The van der Waals surface area contributed by atoms with Crippen LogP contribution in [0.4, 0.5) is 0 Å².